The second kappa shape index (κ2) is 3.48. The summed E-state index contributed by atoms with van der Waals surface area (Å²) in [7, 11) is 1.65. The van der Waals surface area contributed by atoms with E-state index in [-0.39, 0.29) is 5.63 Å². The quantitative estimate of drug-likeness (QED) is 0.486. The Labute approximate surface area is 109 Å². The van der Waals surface area contributed by atoms with Crippen LogP contribution < -0.4 is 10.4 Å². The maximum atomic E-state index is 11.6. The van der Waals surface area contributed by atoms with Crippen LogP contribution in [0, 0.1) is 0 Å². The third-order valence-corrected chi connectivity index (χ3v) is 3.58. The zero-order valence-corrected chi connectivity index (χ0v) is 10.3. The van der Waals surface area contributed by atoms with E-state index in [0.717, 1.165) is 33.4 Å². The molecule has 2 aromatic carbocycles. The second-order valence-electron chi connectivity index (χ2n) is 4.57. The molecule has 0 aliphatic heterocycles. The van der Waals surface area contributed by atoms with E-state index >= 15 is 0 Å². The smallest absolute Gasteiger partial charge is 0.336 e. The first-order chi connectivity index (χ1) is 9.28. The van der Waals surface area contributed by atoms with Gasteiger partial charge < -0.3 is 9.15 Å². The van der Waals surface area contributed by atoms with Gasteiger partial charge in [0.25, 0.3) is 0 Å². The van der Waals surface area contributed by atoms with Gasteiger partial charge in [0, 0.05) is 17.0 Å². The predicted octanol–water partition coefficient (Wildman–Crippen LogP) is 3.45. The number of hydrogen-bond donors (Lipinski definition) is 0. The van der Waals surface area contributed by atoms with Crippen LogP contribution in [0.5, 0.6) is 5.75 Å². The van der Waals surface area contributed by atoms with Crippen LogP contribution >= 0.6 is 0 Å². The summed E-state index contributed by atoms with van der Waals surface area (Å²) >= 11 is 0. The number of fused-ring (bicyclic) bond motifs is 3. The largest absolute Gasteiger partial charge is 0.497 e. The van der Waals surface area contributed by atoms with Gasteiger partial charge in [-0.25, -0.2) is 4.79 Å². The van der Waals surface area contributed by atoms with Gasteiger partial charge in [0.05, 0.1) is 7.11 Å². The molecule has 0 amide bonds. The SMILES string of the molecule is COc1ccc2c(c1)-c1cccc3oc(=O)cc-2c13. The summed E-state index contributed by atoms with van der Waals surface area (Å²) in [6, 6.07) is 13.2. The molecule has 0 atom stereocenters. The molecule has 1 heterocycles. The van der Waals surface area contributed by atoms with Crippen molar-refractivity contribution < 1.29 is 9.15 Å². The molecule has 0 spiro atoms. The van der Waals surface area contributed by atoms with Crippen molar-refractivity contribution in [2.24, 2.45) is 0 Å². The molecule has 0 bridgehead atoms. The first kappa shape index (κ1) is 10.4. The third-order valence-electron chi connectivity index (χ3n) is 3.58. The maximum Gasteiger partial charge on any atom is 0.336 e. The molecule has 0 saturated heterocycles. The fourth-order valence-corrected chi connectivity index (χ4v) is 2.77. The zero-order valence-electron chi connectivity index (χ0n) is 10.3. The van der Waals surface area contributed by atoms with E-state index in [9.17, 15) is 4.79 Å². The lowest BCUT2D eigenvalue weighted by Gasteiger charge is -2.04. The lowest BCUT2D eigenvalue weighted by Crippen LogP contribution is -1.96. The van der Waals surface area contributed by atoms with Crippen LogP contribution in [0.1, 0.15) is 0 Å². The predicted molar refractivity (Wildman–Crippen MR) is 73.5 cm³/mol. The average Bonchev–Trinajstić information content (AvgIpc) is 2.74. The van der Waals surface area contributed by atoms with E-state index in [1.54, 1.807) is 13.2 Å². The Morgan fingerprint density at radius 3 is 2.68 bits per heavy atom. The van der Waals surface area contributed by atoms with Crippen molar-refractivity contribution in [1.82, 2.24) is 0 Å². The summed E-state index contributed by atoms with van der Waals surface area (Å²) in [4.78, 5) is 11.6. The van der Waals surface area contributed by atoms with Gasteiger partial charge in [0.1, 0.15) is 11.3 Å². The van der Waals surface area contributed by atoms with Crippen LogP contribution in [0.25, 0.3) is 33.2 Å². The van der Waals surface area contributed by atoms with E-state index in [1.165, 1.54) is 0 Å². The van der Waals surface area contributed by atoms with Crippen molar-refractivity contribution in [2.45, 2.75) is 0 Å². The van der Waals surface area contributed by atoms with Gasteiger partial charge in [-0.3, -0.25) is 0 Å². The molecule has 3 heteroatoms. The molecular formula is C16H10O3. The summed E-state index contributed by atoms with van der Waals surface area (Å²) in [6.07, 6.45) is 0. The minimum Gasteiger partial charge on any atom is -0.497 e. The Balaban J connectivity index is 2.20. The highest BCUT2D eigenvalue weighted by Gasteiger charge is 2.23. The van der Waals surface area contributed by atoms with Crippen LogP contribution in [0.15, 0.2) is 51.7 Å². The Kier molecular flexibility index (Phi) is 1.90. The van der Waals surface area contributed by atoms with Crippen molar-refractivity contribution in [3.8, 4) is 28.0 Å². The molecular weight excluding hydrogens is 240 g/mol. The van der Waals surface area contributed by atoms with Gasteiger partial charge >= 0.3 is 5.63 Å². The van der Waals surface area contributed by atoms with E-state index in [2.05, 4.69) is 0 Å². The first-order valence-electron chi connectivity index (χ1n) is 6.03. The van der Waals surface area contributed by atoms with Crippen molar-refractivity contribution in [3.63, 3.8) is 0 Å². The fraction of sp³-hybridized carbons (Fsp3) is 0.0625. The number of hydrogen-bond acceptors (Lipinski definition) is 3. The fourth-order valence-electron chi connectivity index (χ4n) is 2.77. The molecule has 0 radical (unpaired) electrons. The Morgan fingerprint density at radius 2 is 1.84 bits per heavy atom. The molecule has 92 valence electrons. The summed E-state index contributed by atoms with van der Waals surface area (Å²) in [5, 5.41) is 1.00. The molecule has 1 aliphatic carbocycles. The monoisotopic (exact) mass is 250 g/mol. The summed E-state index contributed by atoms with van der Waals surface area (Å²) < 4.78 is 10.5. The summed E-state index contributed by atoms with van der Waals surface area (Å²) in [5.74, 6) is 0.808. The van der Waals surface area contributed by atoms with Gasteiger partial charge in [-0.05, 0) is 34.9 Å². The van der Waals surface area contributed by atoms with E-state index in [0.29, 0.717) is 5.58 Å². The van der Waals surface area contributed by atoms with Crippen molar-refractivity contribution in [3.05, 3.63) is 52.9 Å². The van der Waals surface area contributed by atoms with E-state index < -0.39 is 0 Å². The molecule has 0 unspecified atom stereocenters. The minimum absolute atomic E-state index is 0.316. The van der Waals surface area contributed by atoms with Crippen LogP contribution in [-0.2, 0) is 0 Å². The van der Waals surface area contributed by atoms with Crippen molar-refractivity contribution in [1.29, 1.82) is 0 Å². The first-order valence-corrected chi connectivity index (χ1v) is 6.03. The van der Waals surface area contributed by atoms with Gasteiger partial charge in [0.15, 0.2) is 0 Å². The molecule has 0 fully saturated rings. The Morgan fingerprint density at radius 1 is 0.947 bits per heavy atom. The number of benzene rings is 2. The third kappa shape index (κ3) is 1.30. The minimum atomic E-state index is -0.316. The van der Waals surface area contributed by atoms with Crippen LogP contribution in [0.3, 0.4) is 0 Å². The average molecular weight is 250 g/mol. The molecule has 4 rings (SSSR count). The summed E-state index contributed by atoms with van der Waals surface area (Å²) in [5.41, 5.74) is 4.49. The molecule has 1 aromatic heterocycles. The number of rotatable bonds is 1. The van der Waals surface area contributed by atoms with Gasteiger partial charge in [-0.1, -0.05) is 18.2 Å². The van der Waals surface area contributed by atoms with E-state index in [1.807, 2.05) is 36.4 Å². The normalized spacial score (nSPS) is 11.6. The molecule has 19 heavy (non-hydrogen) atoms. The lowest BCUT2D eigenvalue weighted by molar-refractivity contribution is 0.415. The molecule has 3 aromatic rings. The molecule has 3 nitrogen and oxygen atoms in total. The Hall–Kier alpha value is -2.55. The van der Waals surface area contributed by atoms with E-state index in [4.69, 9.17) is 9.15 Å². The highest BCUT2D eigenvalue weighted by molar-refractivity contribution is 6.13. The maximum absolute atomic E-state index is 11.6. The standard InChI is InChI=1S/C16H10O3/c1-18-9-5-6-10-12(7-9)11-3-2-4-14-16(11)13(10)8-15(17)19-14/h2-8H,1H3. The van der Waals surface area contributed by atoms with Crippen molar-refractivity contribution in [2.75, 3.05) is 7.11 Å². The van der Waals surface area contributed by atoms with Crippen LogP contribution in [-0.4, -0.2) is 7.11 Å². The topological polar surface area (TPSA) is 39.4 Å². The van der Waals surface area contributed by atoms with Crippen LogP contribution in [0.2, 0.25) is 0 Å². The Bertz CT molecular complexity index is 875. The number of methoxy groups -OCH3 is 1. The lowest BCUT2D eigenvalue weighted by atomic mass is 10.0. The zero-order chi connectivity index (χ0) is 13.0. The van der Waals surface area contributed by atoms with Crippen LogP contribution in [0.4, 0.5) is 0 Å². The van der Waals surface area contributed by atoms with Crippen molar-refractivity contribution >= 4 is 11.0 Å². The van der Waals surface area contributed by atoms with Gasteiger partial charge in [0.2, 0.25) is 0 Å². The second-order valence-corrected chi connectivity index (χ2v) is 4.57. The highest BCUT2D eigenvalue weighted by Crippen LogP contribution is 2.47. The molecule has 1 aliphatic rings. The summed E-state index contributed by atoms with van der Waals surface area (Å²) in [6.45, 7) is 0. The number of ether oxygens (including phenoxy) is 1. The van der Waals surface area contributed by atoms with Gasteiger partial charge in [-0.15, -0.1) is 0 Å². The molecule has 0 N–H and O–H groups in total. The highest BCUT2D eigenvalue weighted by atomic mass is 16.5. The van der Waals surface area contributed by atoms with Gasteiger partial charge in [-0.2, -0.15) is 0 Å². The molecule has 0 saturated carbocycles.